The summed E-state index contributed by atoms with van der Waals surface area (Å²) in [7, 11) is -2.27. The molecule has 2 aliphatic rings. The molecule has 6 aromatic carbocycles. The van der Waals surface area contributed by atoms with Crippen molar-refractivity contribution in [3.63, 3.8) is 0 Å². The van der Waals surface area contributed by atoms with Crippen molar-refractivity contribution in [1.29, 1.82) is 0 Å². The fourth-order valence-electron chi connectivity index (χ4n) is 8.34. The Morgan fingerprint density at radius 2 is 0.745 bits per heavy atom. The van der Waals surface area contributed by atoms with E-state index in [2.05, 4.69) is 171 Å². The van der Waals surface area contributed by atoms with Crippen molar-refractivity contribution in [3.8, 4) is 22.3 Å². The van der Waals surface area contributed by atoms with Crippen LogP contribution in [-0.2, 0) is 12.8 Å². The number of hydrogen-bond acceptors (Lipinski definition) is 0. The monoisotopic (exact) mass is 620 g/mol. The maximum atomic E-state index is 2.68. The molecule has 0 radical (unpaired) electrons. The summed E-state index contributed by atoms with van der Waals surface area (Å²) in [6.07, 6.45) is 3.16. The van der Waals surface area contributed by atoms with Gasteiger partial charge in [-0.1, -0.05) is 178 Å². The van der Waals surface area contributed by atoms with Crippen molar-refractivity contribution < 1.29 is 0 Å². The second kappa shape index (κ2) is 12.3. The highest BCUT2D eigenvalue weighted by atomic mass is 28.3. The summed E-state index contributed by atoms with van der Waals surface area (Å²) in [6, 6.07) is 60.0. The van der Waals surface area contributed by atoms with Crippen molar-refractivity contribution in [2.45, 2.75) is 38.8 Å². The highest BCUT2D eigenvalue weighted by Crippen LogP contribution is 2.54. The molecule has 0 aromatic heterocycles. The molecule has 1 heteroatoms. The van der Waals surface area contributed by atoms with Crippen molar-refractivity contribution >= 4 is 29.6 Å². The minimum atomic E-state index is -2.27. The van der Waals surface area contributed by atoms with Gasteiger partial charge in [-0.05, 0) is 96.1 Å². The Morgan fingerprint density at radius 3 is 1.15 bits per heavy atom. The van der Waals surface area contributed by atoms with E-state index in [1.165, 1.54) is 79.2 Å². The fourth-order valence-corrected chi connectivity index (χ4v) is 13.6. The van der Waals surface area contributed by atoms with Crippen LogP contribution in [-0.4, -0.2) is 8.07 Å². The quantitative estimate of drug-likeness (QED) is 0.149. The summed E-state index contributed by atoms with van der Waals surface area (Å²) in [5.74, 6) is 0. The van der Waals surface area contributed by atoms with Gasteiger partial charge in [0, 0.05) is 0 Å². The van der Waals surface area contributed by atoms with Crippen LogP contribution in [0, 0.1) is 0 Å². The first-order valence-corrected chi connectivity index (χ1v) is 19.8. The summed E-state index contributed by atoms with van der Waals surface area (Å²) in [6.45, 7) is 5.07. The molecule has 0 bridgehead atoms. The third-order valence-corrected chi connectivity index (χ3v) is 15.3. The van der Waals surface area contributed by atoms with Crippen LogP contribution in [0.2, 0.25) is 12.6 Å². The Kier molecular flexibility index (Phi) is 7.71. The molecule has 0 saturated heterocycles. The predicted molar refractivity (Wildman–Crippen MR) is 204 cm³/mol. The standard InChI is InChI=1S/C46H40Si/c1-3-30-47(2,45-41-20-12-10-18-39(41)31-43(45)37-26-22-35(23-27-37)33-14-6-4-7-15-33)46-42-21-13-11-19-40(42)32-44(46)38-28-24-36(25-29-38)34-16-8-5-9-17-34/h4-29H,3,30-32H2,1-2H3. The van der Waals surface area contributed by atoms with E-state index in [-0.39, 0.29) is 0 Å². The smallest absolute Gasteiger partial charge is 0.0656 e. The average Bonchev–Trinajstić information content (AvgIpc) is 3.73. The lowest BCUT2D eigenvalue weighted by Gasteiger charge is -2.35. The van der Waals surface area contributed by atoms with Crippen molar-refractivity contribution in [1.82, 2.24) is 0 Å². The van der Waals surface area contributed by atoms with Gasteiger partial charge in [0.2, 0.25) is 0 Å². The number of hydrogen-bond donors (Lipinski definition) is 0. The van der Waals surface area contributed by atoms with Crippen molar-refractivity contribution in [2.24, 2.45) is 0 Å². The SMILES string of the molecule is CCC[Si](C)(C1=C(c2ccc(-c3ccccc3)cc2)Cc2ccccc21)C1=C(c2ccc(-c3ccccc3)cc2)Cc2ccccc21. The average molecular weight is 621 g/mol. The lowest BCUT2D eigenvalue weighted by atomic mass is 9.99. The van der Waals surface area contributed by atoms with E-state index in [1.807, 2.05) is 0 Å². The molecule has 6 aromatic rings. The molecule has 0 saturated carbocycles. The minimum Gasteiger partial charge on any atom is -0.0656 e. The van der Waals surface area contributed by atoms with E-state index < -0.39 is 8.07 Å². The maximum absolute atomic E-state index is 2.68. The molecule has 228 valence electrons. The van der Waals surface area contributed by atoms with E-state index in [1.54, 1.807) is 10.4 Å². The van der Waals surface area contributed by atoms with Crippen LogP contribution >= 0.6 is 0 Å². The number of fused-ring (bicyclic) bond motifs is 2. The van der Waals surface area contributed by atoms with Gasteiger partial charge in [0.15, 0.2) is 0 Å². The Hall–Kier alpha value is -4.98. The van der Waals surface area contributed by atoms with Crippen LogP contribution in [0.3, 0.4) is 0 Å². The molecule has 0 amide bonds. The summed E-state index contributed by atoms with van der Waals surface area (Å²) in [5.41, 5.74) is 16.8. The number of benzene rings is 6. The molecule has 47 heavy (non-hydrogen) atoms. The Labute approximate surface area is 280 Å². The molecular weight excluding hydrogens is 581 g/mol. The zero-order valence-corrected chi connectivity index (χ0v) is 28.3. The fraction of sp³-hybridized carbons (Fsp3) is 0.130. The van der Waals surface area contributed by atoms with Crippen molar-refractivity contribution in [2.75, 3.05) is 0 Å². The van der Waals surface area contributed by atoms with E-state index in [9.17, 15) is 0 Å². The molecule has 0 nitrogen and oxygen atoms in total. The molecule has 0 fully saturated rings. The summed E-state index contributed by atoms with van der Waals surface area (Å²) < 4.78 is 0. The first kappa shape index (κ1) is 29.4. The molecule has 0 unspecified atom stereocenters. The van der Waals surface area contributed by atoms with Crippen LogP contribution in [0.25, 0.3) is 43.8 Å². The van der Waals surface area contributed by atoms with Gasteiger partial charge in [-0.2, -0.15) is 0 Å². The zero-order chi connectivity index (χ0) is 31.8. The topological polar surface area (TPSA) is 0 Å². The van der Waals surface area contributed by atoms with Crippen LogP contribution in [0.4, 0.5) is 0 Å². The molecule has 0 aliphatic heterocycles. The summed E-state index contributed by atoms with van der Waals surface area (Å²) in [5, 5.41) is 3.29. The second-order valence-electron chi connectivity index (χ2n) is 13.3. The lowest BCUT2D eigenvalue weighted by molar-refractivity contribution is 1.06. The molecular formula is C46H40Si. The minimum absolute atomic E-state index is 0.999. The normalized spacial score (nSPS) is 14.0. The van der Waals surface area contributed by atoms with Crippen molar-refractivity contribution in [3.05, 3.63) is 191 Å². The van der Waals surface area contributed by atoms with Gasteiger partial charge >= 0.3 is 0 Å². The highest BCUT2D eigenvalue weighted by Gasteiger charge is 2.45. The van der Waals surface area contributed by atoms with Gasteiger partial charge in [0.05, 0.1) is 0 Å². The molecule has 0 N–H and O–H groups in total. The zero-order valence-electron chi connectivity index (χ0n) is 27.3. The first-order valence-electron chi connectivity index (χ1n) is 17.1. The second-order valence-corrected chi connectivity index (χ2v) is 17.5. The molecule has 0 atom stereocenters. The van der Waals surface area contributed by atoms with Gasteiger partial charge in [-0.3, -0.25) is 0 Å². The van der Waals surface area contributed by atoms with E-state index in [0.717, 1.165) is 12.8 Å². The molecule has 0 heterocycles. The van der Waals surface area contributed by atoms with Crippen LogP contribution < -0.4 is 0 Å². The van der Waals surface area contributed by atoms with Crippen LogP contribution in [0.15, 0.2) is 158 Å². The van der Waals surface area contributed by atoms with Gasteiger partial charge in [0.25, 0.3) is 0 Å². The van der Waals surface area contributed by atoms with Gasteiger partial charge in [-0.25, -0.2) is 0 Å². The van der Waals surface area contributed by atoms with Crippen LogP contribution in [0.5, 0.6) is 0 Å². The van der Waals surface area contributed by atoms with Gasteiger partial charge in [-0.15, -0.1) is 0 Å². The Bertz CT molecular complexity index is 1960. The highest BCUT2D eigenvalue weighted by molar-refractivity contribution is 7.11. The predicted octanol–water partition coefficient (Wildman–Crippen LogP) is 12.2. The van der Waals surface area contributed by atoms with E-state index >= 15 is 0 Å². The largest absolute Gasteiger partial charge is 0.117 e. The third kappa shape index (κ3) is 5.25. The van der Waals surface area contributed by atoms with E-state index in [0.29, 0.717) is 0 Å². The summed E-state index contributed by atoms with van der Waals surface area (Å²) >= 11 is 0. The molecule has 0 spiro atoms. The molecule has 2 aliphatic carbocycles. The maximum Gasteiger partial charge on any atom is 0.117 e. The third-order valence-electron chi connectivity index (χ3n) is 10.4. The number of rotatable bonds is 8. The van der Waals surface area contributed by atoms with Gasteiger partial charge < -0.3 is 0 Å². The first-order chi connectivity index (χ1) is 23.1. The summed E-state index contributed by atoms with van der Waals surface area (Å²) in [4.78, 5) is 0. The molecule has 8 rings (SSSR count). The Morgan fingerprint density at radius 1 is 0.404 bits per heavy atom. The van der Waals surface area contributed by atoms with E-state index in [4.69, 9.17) is 0 Å². The van der Waals surface area contributed by atoms with Crippen LogP contribution in [0.1, 0.15) is 46.7 Å². The lowest BCUT2D eigenvalue weighted by Crippen LogP contribution is -2.35. The Balaban J connectivity index is 1.32. The van der Waals surface area contributed by atoms with Gasteiger partial charge in [0.1, 0.15) is 8.07 Å². The number of allylic oxidation sites excluding steroid dienone is 2.